The van der Waals surface area contributed by atoms with Crippen LogP contribution in [0, 0.1) is 0 Å². The van der Waals surface area contributed by atoms with E-state index < -0.39 is 11.2 Å². The van der Waals surface area contributed by atoms with Crippen molar-refractivity contribution in [1.82, 2.24) is 19.9 Å². The zero-order valence-corrected chi connectivity index (χ0v) is 13.7. The Morgan fingerprint density at radius 3 is 2.80 bits per heavy atom. The van der Waals surface area contributed by atoms with Gasteiger partial charge in [0.15, 0.2) is 0 Å². The van der Waals surface area contributed by atoms with Crippen molar-refractivity contribution in [3.05, 3.63) is 63.1 Å². The number of aromatic amines is 2. The van der Waals surface area contributed by atoms with E-state index in [4.69, 9.17) is 4.74 Å². The fourth-order valence-electron chi connectivity index (χ4n) is 2.52. The van der Waals surface area contributed by atoms with Gasteiger partial charge in [-0.2, -0.15) is 0 Å². The van der Waals surface area contributed by atoms with Gasteiger partial charge < -0.3 is 19.6 Å². The van der Waals surface area contributed by atoms with Crippen LogP contribution in [0.3, 0.4) is 0 Å². The van der Waals surface area contributed by atoms with Gasteiger partial charge in [-0.05, 0) is 24.3 Å². The fourth-order valence-corrected chi connectivity index (χ4v) is 2.52. The molecule has 3 aromatic rings. The predicted octanol–water partition coefficient (Wildman–Crippen LogP) is 0.733. The molecule has 3 rings (SSSR count). The summed E-state index contributed by atoms with van der Waals surface area (Å²) in [6, 6.07) is 8.90. The molecule has 1 aromatic carbocycles. The molecule has 0 aliphatic rings. The van der Waals surface area contributed by atoms with Crippen molar-refractivity contribution >= 4 is 16.8 Å². The number of methoxy groups -OCH3 is 1. The summed E-state index contributed by atoms with van der Waals surface area (Å²) in [6.07, 6.45) is 1.51. The lowest BCUT2D eigenvalue weighted by molar-refractivity contribution is -0.121. The molecule has 0 aliphatic heterocycles. The largest absolute Gasteiger partial charge is 0.497 e. The molecule has 0 spiro atoms. The first-order valence-electron chi connectivity index (χ1n) is 7.77. The highest BCUT2D eigenvalue weighted by Gasteiger charge is 2.06. The van der Waals surface area contributed by atoms with Gasteiger partial charge in [0.25, 0.3) is 5.56 Å². The quantitative estimate of drug-likeness (QED) is 0.613. The van der Waals surface area contributed by atoms with Crippen molar-refractivity contribution in [2.45, 2.75) is 19.5 Å². The monoisotopic (exact) mass is 342 g/mol. The second-order valence-corrected chi connectivity index (χ2v) is 5.58. The van der Waals surface area contributed by atoms with Crippen LogP contribution in [0.1, 0.15) is 12.1 Å². The Kier molecular flexibility index (Phi) is 4.69. The number of rotatable bonds is 6. The zero-order valence-electron chi connectivity index (χ0n) is 13.7. The van der Waals surface area contributed by atoms with Crippen molar-refractivity contribution in [3.63, 3.8) is 0 Å². The van der Waals surface area contributed by atoms with Crippen LogP contribution < -0.4 is 21.3 Å². The third kappa shape index (κ3) is 3.97. The average Bonchev–Trinajstić information content (AvgIpc) is 3.01. The van der Waals surface area contributed by atoms with E-state index >= 15 is 0 Å². The summed E-state index contributed by atoms with van der Waals surface area (Å²) in [5.41, 5.74) is 0.855. The van der Waals surface area contributed by atoms with Gasteiger partial charge in [0.2, 0.25) is 5.91 Å². The smallest absolute Gasteiger partial charge is 0.328 e. The Labute approximate surface area is 142 Å². The number of aromatic nitrogens is 3. The van der Waals surface area contributed by atoms with Crippen molar-refractivity contribution < 1.29 is 9.53 Å². The number of ether oxygens (including phenoxy) is 1. The number of benzene rings is 1. The minimum absolute atomic E-state index is 0.139. The Balaban J connectivity index is 1.56. The number of hydrogen-bond donors (Lipinski definition) is 3. The highest BCUT2D eigenvalue weighted by atomic mass is 16.5. The molecule has 2 aromatic heterocycles. The van der Waals surface area contributed by atoms with Gasteiger partial charge in [-0.15, -0.1) is 0 Å². The molecule has 0 atom stereocenters. The summed E-state index contributed by atoms with van der Waals surface area (Å²) in [5.74, 6) is 0.586. The van der Waals surface area contributed by atoms with Crippen molar-refractivity contribution in [1.29, 1.82) is 0 Å². The maximum atomic E-state index is 12.0. The van der Waals surface area contributed by atoms with Crippen molar-refractivity contribution in [2.24, 2.45) is 0 Å². The number of fused-ring (bicyclic) bond motifs is 1. The molecule has 0 fully saturated rings. The molecule has 0 radical (unpaired) electrons. The van der Waals surface area contributed by atoms with Gasteiger partial charge in [-0.3, -0.25) is 14.6 Å². The number of aryl methyl sites for hydroxylation is 1. The number of hydrogen-bond acceptors (Lipinski definition) is 4. The molecule has 0 unspecified atom stereocenters. The Hall–Kier alpha value is -3.29. The Morgan fingerprint density at radius 2 is 2.04 bits per heavy atom. The Morgan fingerprint density at radius 1 is 1.20 bits per heavy atom. The van der Waals surface area contributed by atoms with Gasteiger partial charge in [-0.25, -0.2) is 4.79 Å². The van der Waals surface area contributed by atoms with Gasteiger partial charge in [0.05, 0.1) is 13.7 Å². The van der Waals surface area contributed by atoms with Crippen LogP contribution >= 0.6 is 0 Å². The molecule has 2 heterocycles. The zero-order chi connectivity index (χ0) is 17.8. The first kappa shape index (κ1) is 16.6. The molecule has 0 saturated carbocycles. The van der Waals surface area contributed by atoms with Crippen LogP contribution in [0.5, 0.6) is 5.75 Å². The standard InChI is InChI=1S/C17H18N4O4/c1-25-13-2-3-14-11(9-13)8-12(19-14)10-18-15(22)4-6-21-7-5-16(23)20-17(21)24/h2-3,5,7-9,19H,4,6,10H2,1H3,(H,18,22)(H,20,23,24). The number of nitrogens with zero attached hydrogens (tertiary/aromatic N) is 1. The lowest BCUT2D eigenvalue weighted by Gasteiger charge is -2.05. The molecule has 0 saturated heterocycles. The number of carbonyl (C=O) groups is 1. The molecule has 0 bridgehead atoms. The van der Waals surface area contributed by atoms with Crippen molar-refractivity contribution in [2.75, 3.05) is 7.11 Å². The van der Waals surface area contributed by atoms with E-state index in [1.165, 1.54) is 16.8 Å². The second-order valence-electron chi connectivity index (χ2n) is 5.58. The molecule has 3 N–H and O–H groups in total. The van der Waals surface area contributed by atoms with E-state index in [1.54, 1.807) is 7.11 Å². The second kappa shape index (κ2) is 7.08. The number of H-pyrrole nitrogens is 2. The first-order chi connectivity index (χ1) is 12.0. The van der Waals surface area contributed by atoms with Crippen LogP contribution in [0.25, 0.3) is 10.9 Å². The third-order valence-corrected chi connectivity index (χ3v) is 3.84. The predicted molar refractivity (Wildman–Crippen MR) is 92.6 cm³/mol. The maximum absolute atomic E-state index is 12.0. The first-order valence-corrected chi connectivity index (χ1v) is 7.77. The molecule has 1 amide bonds. The van der Waals surface area contributed by atoms with E-state index in [2.05, 4.69) is 15.3 Å². The summed E-state index contributed by atoms with van der Waals surface area (Å²) in [4.78, 5) is 39.9. The maximum Gasteiger partial charge on any atom is 0.328 e. The minimum atomic E-state index is -0.523. The van der Waals surface area contributed by atoms with E-state index in [9.17, 15) is 14.4 Å². The number of carbonyl (C=O) groups excluding carboxylic acids is 1. The van der Waals surface area contributed by atoms with Crippen LogP contribution in [0.4, 0.5) is 0 Å². The molecular formula is C17H18N4O4. The fraction of sp³-hybridized carbons (Fsp3) is 0.235. The van der Waals surface area contributed by atoms with Gasteiger partial charge in [-0.1, -0.05) is 0 Å². The van der Waals surface area contributed by atoms with Crippen LogP contribution in [-0.2, 0) is 17.9 Å². The summed E-state index contributed by atoms with van der Waals surface area (Å²) >= 11 is 0. The van der Waals surface area contributed by atoms with E-state index in [-0.39, 0.29) is 18.9 Å². The number of amides is 1. The van der Waals surface area contributed by atoms with E-state index in [0.29, 0.717) is 6.54 Å². The molecule has 8 nitrogen and oxygen atoms in total. The van der Waals surface area contributed by atoms with Gasteiger partial charge >= 0.3 is 5.69 Å². The SMILES string of the molecule is COc1ccc2[nH]c(CNC(=O)CCn3ccc(=O)[nH]c3=O)cc2c1. The molecule has 25 heavy (non-hydrogen) atoms. The molecule has 8 heteroatoms. The third-order valence-electron chi connectivity index (χ3n) is 3.84. The highest BCUT2D eigenvalue weighted by molar-refractivity contribution is 5.82. The minimum Gasteiger partial charge on any atom is -0.497 e. The van der Waals surface area contributed by atoms with Crippen molar-refractivity contribution in [3.8, 4) is 5.75 Å². The normalized spacial score (nSPS) is 10.8. The highest BCUT2D eigenvalue weighted by Crippen LogP contribution is 2.21. The summed E-state index contributed by atoms with van der Waals surface area (Å²) in [5, 5.41) is 3.80. The molecule has 130 valence electrons. The lowest BCUT2D eigenvalue weighted by atomic mass is 10.2. The van der Waals surface area contributed by atoms with Crippen LogP contribution in [0.2, 0.25) is 0 Å². The van der Waals surface area contributed by atoms with E-state index in [1.807, 2.05) is 24.3 Å². The molecule has 0 aliphatic carbocycles. The van der Waals surface area contributed by atoms with Crippen LogP contribution in [0.15, 0.2) is 46.1 Å². The van der Waals surface area contributed by atoms with Gasteiger partial charge in [0.1, 0.15) is 5.75 Å². The topological polar surface area (TPSA) is 109 Å². The molecular weight excluding hydrogens is 324 g/mol. The average molecular weight is 342 g/mol. The lowest BCUT2D eigenvalue weighted by Crippen LogP contribution is -2.31. The van der Waals surface area contributed by atoms with Gasteiger partial charge in [0, 0.05) is 41.8 Å². The Bertz CT molecular complexity index is 1020. The number of nitrogens with one attached hydrogen (secondary N) is 3. The van der Waals surface area contributed by atoms with Crippen LogP contribution in [-0.4, -0.2) is 27.6 Å². The summed E-state index contributed by atoms with van der Waals surface area (Å²) < 4.78 is 6.48. The summed E-state index contributed by atoms with van der Waals surface area (Å²) in [6.45, 7) is 0.557. The summed E-state index contributed by atoms with van der Waals surface area (Å²) in [7, 11) is 1.61. The van der Waals surface area contributed by atoms with E-state index in [0.717, 1.165) is 22.3 Å².